The molecule has 0 aliphatic carbocycles. The van der Waals surface area contributed by atoms with Crippen molar-refractivity contribution in [3.8, 4) is 0 Å². The highest BCUT2D eigenvalue weighted by atomic mass is 32.2. The summed E-state index contributed by atoms with van der Waals surface area (Å²) in [6.07, 6.45) is 0.808. The van der Waals surface area contributed by atoms with Crippen LogP contribution in [0.4, 0.5) is 0 Å². The van der Waals surface area contributed by atoms with E-state index < -0.39 is 0 Å². The van der Waals surface area contributed by atoms with E-state index in [9.17, 15) is 9.59 Å². The van der Waals surface area contributed by atoms with Gasteiger partial charge in [0, 0.05) is 12.6 Å². The number of hydrogen-bond acceptors (Lipinski definition) is 4. The number of nitrogens with zero attached hydrogens (tertiary/aromatic N) is 2. The number of nitrogens with one attached hydrogen (secondary N) is 1. The molecule has 0 radical (unpaired) electrons. The molecular formula is C22H25N3O2S. The summed E-state index contributed by atoms with van der Waals surface area (Å²) in [5.41, 5.74) is 1.65. The molecule has 28 heavy (non-hydrogen) atoms. The molecular weight excluding hydrogens is 370 g/mol. The zero-order valence-corrected chi connectivity index (χ0v) is 17.2. The van der Waals surface area contributed by atoms with Crippen molar-refractivity contribution in [3.63, 3.8) is 0 Å². The van der Waals surface area contributed by atoms with Gasteiger partial charge < -0.3 is 5.32 Å². The Kier molecular flexibility index (Phi) is 6.52. The fraction of sp³-hybridized carbons (Fsp3) is 0.318. The van der Waals surface area contributed by atoms with Crippen LogP contribution in [0.15, 0.2) is 64.5 Å². The molecule has 6 heteroatoms. The summed E-state index contributed by atoms with van der Waals surface area (Å²) in [5.74, 6) is -0.0769. The van der Waals surface area contributed by atoms with E-state index in [2.05, 4.69) is 5.32 Å². The minimum absolute atomic E-state index is 0.00619. The second-order valence-corrected chi connectivity index (χ2v) is 8.12. The number of aromatic nitrogens is 2. The molecule has 0 saturated carbocycles. The van der Waals surface area contributed by atoms with Crippen molar-refractivity contribution < 1.29 is 4.79 Å². The van der Waals surface area contributed by atoms with Crippen molar-refractivity contribution >= 4 is 28.6 Å². The SMILES string of the molecule is CC[C@H](C)n1c(S[C@H](C)C(=O)NCc2ccccc2)nc2ccccc2c1=O. The van der Waals surface area contributed by atoms with Crippen LogP contribution < -0.4 is 10.9 Å². The number of carbonyl (C=O) groups is 1. The molecule has 2 atom stereocenters. The van der Waals surface area contributed by atoms with Gasteiger partial charge >= 0.3 is 0 Å². The molecule has 0 aliphatic rings. The molecule has 0 spiro atoms. The van der Waals surface area contributed by atoms with Crippen molar-refractivity contribution in [1.82, 2.24) is 14.9 Å². The monoisotopic (exact) mass is 395 g/mol. The summed E-state index contributed by atoms with van der Waals surface area (Å²) >= 11 is 1.33. The van der Waals surface area contributed by atoms with E-state index in [0.717, 1.165) is 12.0 Å². The average Bonchev–Trinajstić information content (AvgIpc) is 2.72. The molecule has 1 aromatic heterocycles. The van der Waals surface area contributed by atoms with Crippen molar-refractivity contribution in [2.75, 3.05) is 0 Å². The number of carbonyl (C=O) groups excluding carboxylic acids is 1. The van der Waals surface area contributed by atoms with E-state index in [-0.39, 0.29) is 22.8 Å². The lowest BCUT2D eigenvalue weighted by Gasteiger charge is -2.20. The second kappa shape index (κ2) is 9.06. The van der Waals surface area contributed by atoms with Crippen LogP contribution in [0.25, 0.3) is 10.9 Å². The van der Waals surface area contributed by atoms with E-state index in [1.165, 1.54) is 11.8 Å². The van der Waals surface area contributed by atoms with Gasteiger partial charge in [-0.3, -0.25) is 14.2 Å². The van der Waals surface area contributed by atoms with Gasteiger partial charge in [-0.25, -0.2) is 4.98 Å². The standard InChI is InChI=1S/C22H25N3O2S/c1-4-15(2)25-21(27)18-12-8-9-13-19(18)24-22(25)28-16(3)20(26)23-14-17-10-6-5-7-11-17/h5-13,15-16H,4,14H2,1-3H3,(H,23,26)/t15-,16+/m0/s1. The summed E-state index contributed by atoms with van der Waals surface area (Å²) in [4.78, 5) is 30.3. The fourth-order valence-corrected chi connectivity index (χ4v) is 3.95. The minimum Gasteiger partial charge on any atom is -0.351 e. The van der Waals surface area contributed by atoms with Gasteiger partial charge in [0.25, 0.3) is 5.56 Å². The Labute approximate surface area is 169 Å². The Balaban J connectivity index is 1.83. The van der Waals surface area contributed by atoms with Crippen molar-refractivity contribution in [3.05, 3.63) is 70.5 Å². The number of thioether (sulfide) groups is 1. The first-order valence-corrected chi connectivity index (χ1v) is 10.4. The van der Waals surface area contributed by atoms with Gasteiger partial charge in [0.1, 0.15) is 0 Å². The number of amides is 1. The first-order valence-electron chi connectivity index (χ1n) is 9.50. The highest BCUT2D eigenvalue weighted by molar-refractivity contribution is 8.00. The smallest absolute Gasteiger partial charge is 0.262 e. The summed E-state index contributed by atoms with van der Waals surface area (Å²) < 4.78 is 1.72. The molecule has 0 unspecified atom stereocenters. The van der Waals surface area contributed by atoms with Crippen LogP contribution in [0, 0.1) is 0 Å². The Bertz CT molecular complexity index is 1020. The molecule has 1 N–H and O–H groups in total. The molecule has 0 saturated heterocycles. The van der Waals surface area contributed by atoms with Crippen LogP contribution in [0.3, 0.4) is 0 Å². The Morgan fingerprint density at radius 2 is 1.79 bits per heavy atom. The Hall–Kier alpha value is -2.60. The number of rotatable bonds is 7. The third-order valence-electron chi connectivity index (χ3n) is 4.77. The van der Waals surface area contributed by atoms with E-state index in [1.807, 2.05) is 69.3 Å². The first kappa shape index (κ1) is 20.1. The minimum atomic E-state index is -0.368. The zero-order valence-electron chi connectivity index (χ0n) is 16.4. The number of benzene rings is 2. The van der Waals surface area contributed by atoms with E-state index >= 15 is 0 Å². The van der Waals surface area contributed by atoms with Crippen molar-refractivity contribution in [2.45, 2.75) is 50.2 Å². The maximum Gasteiger partial charge on any atom is 0.262 e. The largest absolute Gasteiger partial charge is 0.351 e. The number of para-hydroxylation sites is 1. The van der Waals surface area contributed by atoms with E-state index in [1.54, 1.807) is 10.6 Å². The molecule has 3 aromatic rings. The quantitative estimate of drug-likeness (QED) is 0.482. The first-order chi connectivity index (χ1) is 13.5. The molecule has 1 heterocycles. The number of fused-ring (bicyclic) bond motifs is 1. The third kappa shape index (κ3) is 4.44. The lowest BCUT2D eigenvalue weighted by atomic mass is 10.2. The third-order valence-corrected chi connectivity index (χ3v) is 5.83. The molecule has 146 valence electrons. The summed E-state index contributed by atoms with van der Waals surface area (Å²) in [6.45, 7) is 6.36. The molecule has 5 nitrogen and oxygen atoms in total. The molecule has 0 aliphatic heterocycles. The van der Waals surface area contributed by atoms with Crippen LogP contribution in [-0.4, -0.2) is 20.7 Å². The second-order valence-electron chi connectivity index (χ2n) is 6.81. The highest BCUT2D eigenvalue weighted by Crippen LogP contribution is 2.26. The Morgan fingerprint density at radius 3 is 2.50 bits per heavy atom. The maximum atomic E-state index is 13.0. The lowest BCUT2D eigenvalue weighted by molar-refractivity contribution is -0.120. The van der Waals surface area contributed by atoms with Gasteiger partial charge in [0.2, 0.25) is 5.91 Å². The molecule has 2 aromatic carbocycles. The average molecular weight is 396 g/mol. The normalized spacial score (nSPS) is 13.2. The predicted octanol–water partition coefficient (Wildman–Crippen LogP) is 4.16. The summed E-state index contributed by atoms with van der Waals surface area (Å²) in [6, 6.07) is 17.2. The lowest BCUT2D eigenvalue weighted by Crippen LogP contribution is -2.32. The van der Waals surface area contributed by atoms with Gasteiger partial charge in [0.05, 0.1) is 16.2 Å². The van der Waals surface area contributed by atoms with E-state index in [4.69, 9.17) is 4.98 Å². The molecule has 1 amide bonds. The zero-order chi connectivity index (χ0) is 20.1. The van der Waals surface area contributed by atoms with Crippen molar-refractivity contribution in [2.24, 2.45) is 0 Å². The van der Waals surface area contributed by atoms with Crippen LogP contribution in [0.5, 0.6) is 0 Å². The summed E-state index contributed by atoms with van der Waals surface area (Å²) in [7, 11) is 0. The van der Waals surface area contributed by atoms with Gasteiger partial charge in [-0.15, -0.1) is 0 Å². The molecule has 3 rings (SSSR count). The van der Waals surface area contributed by atoms with Crippen LogP contribution >= 0.6 is 11.8 Å². The van der Waals surface area contributed by atoms with Gasteiger partial charge in [-0.05, 0) is 38.0 Å². The highest BCUT2D eigenvalue weighted by Gasteiger charge is 2.21. The van der Waals surface area contributed by atoms with Crippen molar-refractivity contribution in [1.29, 1.82) is 0 Å². The van der Waals surface area contributed by atoms with Crippen LogP contribution in [-0.2, 0) is 11.3 Å². The van der Waals surface area contributed by atoms with Crippen LogP contribution in [0.1, 0.15) is 38.8 Å². The Morgan fingerprint density at radius 1 is 1.11 bits per heavy atom. The topological polar surface area (TPSA) is 64.0 Å². The van der Waals surface area contributed by atoms with Gasteiger partial charge in [0.15, 0.2) is 5.16 Å². The fourth-order valence-electron chi connectivity index (χ4n) is 2.92. The number of hydrogen-bond donors (Lipinski definition) is 1. The van der Waals surface area contributed by atoms with Crippen LogP contribution in [0.2, 0.25) is 0 Å². The molecule has 0 fully saturated rings. The maximum absolute atomic E-state index is 13.0. The van der Waals surface area contributed by atoms with E-state index in [0.29, 0.717) is 22.6 Å². The molecule has 0 bridgehead atoms. The van der Waals surface area contributed by atoms with Gasteiger partial charge in [-0.1, -0.05) is 61.2 Å². The van der Waals surface area contributed by atoms with Gasteiger partial charge in [-0.2, -0.15) is 0 Å². The predicted molar refractivity (Wildman–Crippen MR) is 115 cm³/mol. The summed E-state index contributed by atoms with van der Waals surface area (Å²) in [5, 5.41) is 3.78.